The molecular weight excluding hydrogens is 308 g/mol. The maximum Gasteiger partial charge on any atom is 0.127 e. The predicted octanol–water partition coefficient (Wildman–Crippen LogP) is 6.37. The Morgan fingerprint density at radius 2 is 2.00 bits per heavy atom. The average Bonchev–Trinajstić information content (AvgIpc) is 2.66. The van der Waals surface area contributed by atoms with Crippen LogP contribution in [0.5, 0.6) is 11.5 Å². The van der Waals surface area contributed by atoms with Crippen LogP contribution in [0.4, 0.5) is 0 Å². The fraction of sp³-hybridized carbons (Fsp3) is 0.652. The van der Waals surface area contributed by atoms with Crippen LogP contribution < -0.4 is 4.74 Å². The van der Waals surface area contributed by atoms with Gasteiger partial charge in [-0.15, -0.1) is 0 Å². The molecule has 1 aromatic rings. The summed E-state index contributed by atoms with van der Waals surface area (Å²) in [6.07, 6.45) is 9.29. The van der Waals surface area contributed by atoms with Crippen LogP contribution in [0.15, 0.2) is 23.8 Å². The minimum atomic E-state index is -0.196. The van der Waals surface area contributed by atoms with Crippen molar-refractivity contribution >= 4 is 0 Å². The molecule has 1 aliphatic heterocycles. The summed E-state index contributed by atoms with van der Waals surface area (Å²) in [5.74, 6) is 2.54. The van der Waals surface area contributed by atoms with Gasteiger partial charge in [0.15, 0.2) is 0 Å². The highest BCUT2D eigenvalue weighted by molar-refractivity contribution is 5.52. The molecule has 3 atom stereocenters. The van der Waals surface area contributed by atoms with E-state index in [0.29, 0.717) is 23.5 Å². The van der Waals surface area contributed by atoms with E-state index in [1.165, 1.54) is 30.4 Å². The van der Waals surface area contributed by atoms with Crippen molar-refractivity contribution in [2.24, 2.45) is 11.8 Å². The molecule has 3 rings (SSSR count). The highest BCUT2D eigenvalue weighted by atomic mass is 16.5. The second kappa shape index (κ2) is 7.05. The van der Waals surface area contributed by atoms with Crippen molar-refractivity contribution in [3.63, 3.8) is 0 Å². The van der Waals surface area contributed by atoms with Gasteiger partial charge in [-0.3, -0.25) is 0 Å². The van der Waals surface area contributed by atoms with Crippen molar-refractivity contribution in [2.45, 2.75) is 84.7 Å². The first-order valence-corrected chi connectivity index (χ1v) is 10.1. The summed E-state index contributed by atoms with van der Waals surface area (Å²) < 4.78 is 6.47. The lowest BCUT2D eigenvalue weighted by Crippen LogP contribution is -2.45. The monoisotopic (exact) mass is 342 g/mol. The summed E-state index contributed by atoms with van der Waals surface area (Å²) in [6.45, 7) is 11.2. The van der Waals surface area contributed by atoms with Gasteiger partial charge < -0.3 is 9.84 Å². The van der Waals surface area contributed by atoms with Crippen LogP contribution in [0.2, 0.25) is 0 Å². The molecule has 2 aliphatic rings. The molecule has 2 unspecified atom stereocenters. The van der Waals surface area contributed by atoms with Gasteiger partial charge in [0.05, 0.1) is 0 Å². The van der Waals surface area contributed by atoms with Crippen molar-refractivity contribution in [2.75, 3.05) is 0 Å². The van der Waals surface area contributed by atoms with E-state index in [0.717, 1.165) is 30.6 Å². The van der Waals surface area contributed by atoms with Crippen LogP contribution in [0.1, 0.15) is 83.8 Å². The molecule has 0 saturated heterocycles. The Labute approximate surface area is 153 Å². The van der Waals surface area contributed by atoms with Crippen molar-refractivity contribution in [3.8, 4) is 11.5 Å². The van der Waals surface area contributed by atoms with Gasteiger partial charge in [-0.2, -0.15) is 0 Å². The summed E-state index contributed by atoms with van der Waals surface area (Å²) in [7, 11) is 0. The Morgan fingerprint density at radius 1 is 1.24 bits per heavy atom. The molecule has 1 aromatic carbocycles. The highest BCUT2D eigenvalue weighted by Gasteiger charge is 2.47. The van der Waals surface area contributed by atoms with E-state index in [-0.39, 0.29) is 5.60 Å². The van der Waals surface area contributed by atoms with Crippen LogP contribution in [0.3, 0.4) is 0 Å². The number of hydrogen-bond acceptors (Lipinski definition) is 2. The molecular formula is C23H34O2. The number of phenols is 1. The van der Waals surface area contributed by atoms with Gasteiger partial charge in [0.2, 0.25) is 0 Å². The second-order valence-electron chi connectivity index (χ2n) is 8.73. The van der Waals surface area contributed by atoms with E-state index in [4.69, 9.17) is 4.74 Å². The summed E-state index contributed by atoms with van der Waals surface area (Å²) in [6, 6.07) is 4.18. The van der Waals surface area contributed by atoms with Crippen molar-refractivity contribution in [1.29, 1.82) is 0 Å². The van der Waals surface area contributed by atoms with Crippen LogP contribution in [-0.2, 0) is 6.42 Å². The summed E-state index contributed by atoms with van der Waals surface area (Å²) in [5.41, 5.74) is 3.52. The zero-order valence-corrected chi connectivity index (χ0v) is 16.6. The molecule has 0 bridgehead atoms. The summed E-state index contributed by atoms with van der Waals surface area (Å²) in [4.78, 5) is 0. The van der Waals surface area contributed by atoms with Gasteiger partial charge in [0.1, 0.15) is 17.1 Å². The number of unbranched alkanes of at least 4 members (excludes halogenated alkanes) is 2. The lowest BCUT2D eigenvalue weighted by Gasteiger charge is -2.46. The predicted molar refractivity (Wildman–Crippen MR) is 104 cm³/mol. The molecule has 2 nitrogen and oxygen atoms in total. The molecule has 0 amide bonds. The number of aryl methyl sites for hydroxylation is 1. The number of phenolic OH excluding ortho intramolecular Hbond substituents is 1. The molecule has 0 spiro atoms. The molecule has 0 aromatic heterocycles. The Balaban J connectivity index is 2.02. The van der Waals surface area contributed by atoms with E-state index in [9.17, 15) is 5.11 Å². The number of allylic oxidation sites excluding steroid dienone is 2. The number of ether oxygens (including phenoxy) is 1. The molecule has 0 saturated carbocycles. The quantitative estimate of drug-likeness (QED) is 0.509. The zero-order valence-electron chi connectivity index (χ0n) is 16.6. The van der Waals surface area contributed by atoms with Crippen molar-refractivity contribution < 1.29 is 9.84 Å². The third kappa shape index (κ3) is 3.59. The van der Waals surface area contributed by atoms with E-state index in [2.05, 4.69) is 46.8 Å². The normalized spacial score (nSPS) is 27.6. The van der Waals surface area contributed by atoms with E-state index in [1.807, 2.05) is 6.07 Å². The highest BCUT2D eigenvalue weighted by Crippen LogP contribution is 2.55. The SMILES string of the molecule is CCCCCc1cc(O)c2c(c1)OC(C)(C)C1CCC(C)=C[C@H](C)C21. The van der Waals surface area contributed by atoms with Gasteiger partial charge in [-0.05, 0) is 70.1 Å². The first-order valence-electron chi connectivity index (χ1n) is 10.1. The van der Waals surface area contributed by atoms with Gasteiger partial charge in [0, 0.05) is 17.4 Å². The van der Waals surface area contributed by atoms with Crippen LogP contribution in [0, 0.1) is 11.8 Å². The molecule has 25 heavy (non-hydrogen) atoms. The Morgan fingerprint density at radius 3 is 2.72 bits per heavy atom. The summed E-state index contributed by atoms with van der Waals surface area (Å²) >= 11 is 0. The number of rotatable bonds is 4. The minimum absolute atomic E-state index is 0.196. The Hall–Kier alpha value is -1.44. The van der Waals surface area contributed by atoms with Crippen molar-refractivity contribution in [3.05, 3.63) is 34.9 Å². The van der Waals surface area contributed by atoms with Gasteiger partial charge in [-0.1, -0.05) is 38.3 Å². The lowest BCUT2D eigenvalue weighted by atomic mass is 9.68. The summed E-state index contributed by atoms with van der Waals surface area (Å²) in [5, 5.41) is 10.9. The molecule has 1 heterocycles. The number of benzene rings is 1. The first kappa shape index (κ1) is 18.4. The Kier molecular flexibility index (Phi) is 5.18. The second-order valence-corrected chi connectivity index (χ2v) is 8.73. The maximum absolute atomic E-state index is 10.9. The van der Waals surface area contributed by atoms with E-state index >= 15 is 0 Å². The zero-order chi connectivity index (χ0) is 18.2. The minimum Gasteiger partial charge on any atom is -0.508 e. The molecule has 0 radical (unpaired) electrons. The lowest BCUT2D eigenvalue weighted by molar-refractivity contribution is -0.000462. The smallest absolute Gasteiger partial charge is 0.127 e. The largest absolute Gasteiger partial charge is 0.508 e. The standard InChI is InChI=1S/C23H34O2/c1-6-7-8-9-17-13-19(24)22-20(14-17)25-23(4,5)18-11-10-15(2)12-16(3)21(18)22/h12-14,16,18,21,24H,6-11H2,1-5H3/t16-,18?,21?/m0/s1. The molecule has 1 N–H and O–H groups in total. The third-order valence-electron chi connectivity index (χ3n) is 6.25. The van der Waals surface area contributed by atoms with Gasteiger partial charge in [0.25, 0.3) is 0 Å². The van der Waals surface area contributed by atoms with E-state index in [1.54, 1.807) is 0 Å². The van der Waals surface area contributed by atoms with Crippen LogP contribution in [-0.4, -0.2) is 10.7 Å². The molecule has 0 fully saturated rings. The van der Waals surface area contributed by atoms with E-state index < -0.39 is 0 Å². The van der Waals surface area contributed by atoms with Crippen LogP contribution >= 0.6 is 0 Å². The topological polar surface area (TPSA) is 29.5 Å². The van der Waals surface area contributed by atoms with Crippen molar-refractivity contribution in [1.82, 2.24) is 0 Å². The third-order valence-corrected chi connectivity index (χ3v) is 6.25. The maximum atomic E-state index is 10.9. The molecule has 1 aliphatic carbocycles. The number of fused-ring (bicyclic) bond motifs is 3. The first-order chi connectivity index (χ1) is 11.8. The molecule has 138 valence electrons. The number of hydrogen-bond donors (Lipinski definition) is 1. The van der Waals surface area contributed by atoms with Gasteiger partial charge in [-0.25, -0.2) is 0 Å². The fourth-order valence-corrected chi connectivity index (χ4v) is 4.98. The number of aromatic hydroxyl groups is 1. The Bertz CT molecular complexity index is 656. The average molecular weight is 343 g/mol. The fourth-order valence-electron chi connectivity index (χ4n) is 4.98. The van der Waals surface area contributed by atoms with Crippen LogP contribution in [0.25, 0.3) is 0 Å². The molecule has 2 heteroatoms. The van der Waals surface area contributed by atoms with Gasteiger partial charge >= 0.3 is 0 Å².